The highest BCUT2D eigenvalue weighted by atomic mass is 16.5. The van der Waals surface area contributed by atoms with Crippen LogP contribution in [-0.4, -0.2) is 13.1 Å². The van der Waals surface area contributed by atoms with Gasteiger partial charge in [-0.2, -0.15) is 0 Å². The molecular weight excluding hydrogens is 240 g/mol. The number of esters is 1. The third kappa shape index (κ3) is 3.35. The number of ether oxygens (including phenoxy) is 2. The molecule has 3 nitrogen and oxygen atoms in total. The van der Waals surface area contributed by atoms with E-state index in [1.165, 1.54) is 6.92 Å². The summed E-state index contributed by atoms with van der Waals surface area (Å²) in [6.45, 7) is 1.41. The molecule has 0 bridgehead atoms. The minimum atomic E-state index is -0.409. The fraction of sp³-hybridized carbons (Fsp3) is 0.188. The summed E-state index contributed by atoms with van der Waals surface area (Å²) >= 11 is 0. The van der Waals surface area contributed by atoms with Crippen LogP contribution in [-0.2, 0) is 9.53 Å². The Bertz CT molecular complexity index is 549. The lowest BCUT2D eigenvalue weighted by Crippen LogP contribution is -2.10. The second kappa shape index (κ2) is 6.05. The Morgan fingerprint density at radius 3 is 2.32 bits per heavy atom. The minimum absolute atomic E-state index is 0.309. The van der Waals surface area contributed by atoms with Gasteiger partial charge in [-0.3, -0.25) is 4.79 Å². The van der Waals surface area contributed by atoms with Gasteiger partial charge in [-0.15, -0.1) is 0 Å². The molecule has 3 heteroatoms. The maximum absolute atomic E-state index is 11.3. The van der Waals surface area contributed by atoms with Gasteiger partial charge in [0.15, 0.2) is 6.10 Å². The second-order valence-electron chi connectivity index (χ2n) is 4.18. The van der Waals surface area contributed by atoms with Crippen LogP contribution < -0.4 is 4.74 Å². The van der Waals surface area contributed by atoms with Gasteiger partial charge in [0.2, 0.25) is 0 Å². The molecule has 0 aliphatic carbocycles. The fourth-order valence-corrected chi connectivity index (χ4v) is 1.93. The van der Waals surface area contributed by atoms with E-state index >= 15 is 0 Å². The number of rotatable bonds is 4. The summed E-state index contributed by atoms with van der Waals surface area (Å²) in [6, 6.07) is 17.2. The molecule has 0 saturated carbocycles. The van der Waals surface area contributed by atoms with Gasteiger partial charge in [0, 0.05) is 12.5 Å². The molecule has 0 aliphatic rings. The van der Waals surface area contributed by atoms with E-state index in [4.69, 9.17) is 9.47 Å². The quantitative estimate of drug-likeness (QED) is 0.787. The van der Waals surface area contributed by atoms with E-state index in [1.807, 2.05) is 54.6 Å². The van der Waals surface area contributed by atoms with Crippen molar-refractivity contribution in [2.45, 2.75) is 13.0 Å². The van der Waals surface area contributed by atoms with Crippen molar-refractivity contribution in [1.29, 1.82) is 0 Å². The van der Waals surface area contributed by atoms with Crippen LogP contribution in [0.5, 0.6) is 5.75 Å². The SMILES string of the molecule is COc1cccc(C(OC(C)=O)c2ccccc2)c1. The zero-order chi connectivity index (χ0) is 13.7. The maximum atomic E-state index is 11.3. The van der Waals surface area contributed by atoms with E-state index in [0.717, 1.165) is 16.9 Å². The first-order valence-corrected chi connectivity index (χ1v) is 6.07. The Labute approximate surface area is 112 Å². The second-order valence-corrected chi connectivity index (χ2v) is 4.18. The highest BCUT2D eigenvalue weighted by Gasteiger charge is 2.17. The lowest BCUT2D eigenvalue weighted by Gasteiger charge is -2.18. The molecule has 1 unspecified atom stereocenters. The van der Waals surface area contributed by atoms with Crippen LogP contribution >= 0.6 is 0 Å². The van der Waals surface area contributed by atoms with Crippen molar-refractivity contribution < 1.29 is 14.3 Å². The van der Waals surface area contributed by atoms with Gasteiger partial charge in [0.1, 0.15) is 5.75 Å². The van der Waals surface area contributed by atoms with Crippen molar-refractivity contribution in [1.82, 2.24) is 0 Å². The lowest BCUT2D eigenvalue weighted by atomic mass is 10.0. The standard InChI is InChI=1S/C16H16O3/c1-12(17)19-16(13-7-4-3-5-8-13)14-9-6-10-15(11-14)18-2/h3-11,16H,1-2H3. The van der Waals surface area contributed by atoms with Crippen molar-refractivity contribution in [3.8, 4) is 5.75 Å². The molecule has 0 aromatic heterocycles. The number of hydrogen-bond acceptors (Lipinski definition) is 3. The highest BCUT2D eigenvalue weighted by molar-refractivity contribution is 5.67. The van der Waals surface area contributed by atoms with E-state index in [1.54, 1.807) is 7.11 Å². The summed E-state index contributed by atoms with van der Waals surface area (Å²) in [5.74, 6) is 0.433. The van der Waals surface area contributed by atoms with E-state index in [2.05, 4.69) is 0 Å². The van der Waals surface area contributed by atoms with Crippen molar-refractivity contribution in [3.05, 3.63) is 65.7 Å². The predicted molar refractivity (Wildman–Crippen MR) is 73.0 cm³/mol. The Morgan fingerprint density at radius 1 is 1.00 bits per heavy atom. The molecule has 0 saturated heterocycles. The van der Waals surface area contributed by atoms with Crippen LogP contribution in [0.3, 0.4) is 0 Å². The Kier molecular flexibility index (Phi) is 4.18. The topological polar surface area (TPSA) is 35.5 Å². The van der Waals surface area contributed by atoms with Gasteiger partial charge < -0.3 is 9.47 Å². The van der Waals surface area contributed by atoms with Crippen LogP contribution in [0.1, 0.15) is 24.2 Å². The van der Waals surface area contributed by atoms with Crippen LogP contribution in [0.4, 0.5) is 0 Å². The van der Waals surface area contributed by atoms with E-state index in [-0.39, 0.29) is 5.97 Å². The minimum Gasteiger partial charge on any atom is -0.497 e. The molecule has 19 heavy (non-hydrogen) atoms. The summed E-state index contributed by atoms with van der Waals surface area (Å²) in [7, 11) is 1.61. The van der Waals surface area contributed by atoms with Crippen LogP contribution in [0.15, 0.2) is 54.6 Å². The predicted octanol–water partition coefficient (Wildman–Crippen LogP) is 3.35. The molecule has 2 rings (SSSR count). The van der Waals surface area contributed by atoms with E-state index < -0.39 is 6.10 Å². The van der Waals surface area contributed by atoms with Gasteiger partial charge in [0.05, 0.1) is 7.11 Å². The van der Waals surface area contributed by atoms with Gasteiger partial charge in [-0.05, 0) is 17.7 Å². The number of carbonyl (C=O) groups is 1. The zero-order valence-corrected chi connectivity index (χ0v) is 11.0. The number of benzene rings is 2. The highest BCUT2D eigenvalue weighted by Crippen LogP contribution is 2.28. The summed E-state index contributed by atoms with van der Waals surface area (Å²) in [6.07, 6.45) is -0.409. The van der Waals surface area contributed by atoms with Crippen LogP contribution in [0, 0.1) is 0 Å². The van der Waals surface area contributed by atoms with Gasteiger partial charge in [0.25, 0.3) is 0 Å². The molecule has 0 radical (unpaired) electrons. The third-order valence-electron chi connectivity index (χ3n) is 2.78. The number of methoxy groups -OCH3 is 1. The largest absolute Gasteiger partial charge is 0.497 e. The third-order valence-corrected chi connectivity index (χ3v) is 2.78. The molecule has 0 fully saturated rings. The number of carbonyl (C=O) groups excluding carboxylic acids is 1. The molecule has 0 amide bonds. The summed E-state index contributed by atoms with van der Waals surface area (Å²) < 4.78 is 10.6. The zero-order valence-electron chi connectivity index (χ0n) is 11.0. The first-order chi connectivity index (χ1) is 9.20. The average molecular weight is 256 g/mol. The number of hydrogen-bond donors (Lipinski definition) is 0. The van der Waals surface area contributed by atoms with Gasteiger partial charge in [-0.25, -0.2) is 0 Å². The molecule has 2 aromatic carbocycles. The van der Waals surface area contributed by atoms with Gasteiger partial charge >= 0.3 is 5.97 Å². The molecule has 98 valence electrons. The summed E-state index contributed by atoms with van der Waals surface area (Å²) in [5, 5.41) is 0. The Morgan fingerprint density at radius 2 is 1.68 bits per heavy atom. The fourth-order valence-electron chi connectivity index (χ4n) is 1.93. The molecule has 0 aliphatic heterocycles. The normalized spacial score (nSPS) is 11.7. The molecule has 0 spiro atoms. The van der Waals surface area contributed by atoms with Crippen molar-refractivity contribution >= 4 is 5.97 Å². The smallest absolute Gasteiger partial charge is 0.303 e. The monoisotopic (exact) mass is 256 g/mol. The first-order valence-electron chi connectivity index (χ1n) is 6.07. The van der Waals surface area contributed by atoms with Gasteiger partial charge in [-0.1, -0.05) is 42.5 Å². The van der Waals surface area contributed by atoms with Crippen molar-refractivity contribution in [3.63, 3.8) is 0 Å². The Balaban J connectivity index is 2.39. The molecular formula is C16H16O3. The molecule has 0 N–H and O–H groups in total. The lowest BCUT2D eigenvalue weighted by molar-refractivity contribution is -0.144. The van der Waals surface area contributed by atoms with Crippen molar-refractivity contribution in [2.75, 3.05) is 7.11 Å². The average Bonchev–Trinajstić information content (AvgIpc) is 2.45. The van der Waals surface area contributed by atoms with E-state index in [0.29, 0.717) is 0 Å². The summed E-state index contributed by atoms with van der Waals surface area (Å²) in [4.78, 5) is 11.3. The van der Waals surface area contributed by atoms with Crippen LogP contribution in [0.2, 0.25) is 0 Å². The summed E-state index contributed by atoms with van der Waals surface area (Å²) in [5.41, 5.74) is 1.83. The molecule has 2 aromatic rings. The molecule has 0 heterocycles. The van der Waals surface area contributed by atoms with Crippen molar-refractivity contribution in [2.24, 2.45) is 0 Å². The van der Waals surface area contributed by atoms with Crippen LogP contribution in [0.25, 0.3) is 0 Å². The molecule has 1 atom stereocenters. The Hall–Kier alpha value is -2.29. The maximum Gasteiger partial charge on any atom is 0.303 e. The van der Waals surface area contributed by atoms with E-state index in [9.17, 15) is 4.79 Å². The first kappa shape index (κ1) is 13.1.